The van der Waals surface area contributed by atoms with Gasteiger partial charge in [-0.05, 0) is 49.2 Å². The Bertz CT molecular complexity index is 766. The smallest absolute Gasteiger partial charge is 0.311 e. The molecule has 0 aliphatic rings. The topological polar surface area (TPSA) is 55.4 Å². The van der Waals surface area contributed by atoms with Crippen LogP contribution in [0.4, 0.5) is 14.5 Å². The van der Waals surface area contributed by atoms with Crippen LogP contribution in [0.5, 0.6) is 0 Å². The minimum absolute atomic E-state index is 0.0871. The zero-order valence-corrected chi connectivity index (χ0v) is 15.2. The molecule has 1 atom stereocenters. The van der Waals surface area contributed by atoms with Crippen molar-refractivity contribution in [2.75, 3.05) is 5.32 Å². The van der Waals surface area contributed by atoms with E-state index in [0.29, 0.717) is 22.3 Å². The Morgan fingerprint density at radius 1 is 1.12 bits per heavy atom. The lowest BCUT2D eigenvalue weighted by molar-refractivity contribution is -0.152. The number of nitrogens with one attached hydrogen (secondary N) is 1. The van der Waals surface area contributed by atoms with E-state index in [1.54, 1.807) is 0 Å². The molecule has 1 N–H and O–H groups in total. The Kier molecular flexibility index (Phi) is 7.15. The Morgan fingerprint density at radius 3 is 2.38 bits per heavy atom. The molecule has 2 rings (SSSR count). The number of carbonyl (C=O) groups excluding carboxylic acids is 2. The van der Waals surface area contributed by atoms with Gasteiger partial charge < -0.3 is 10.1 Å². The Morgan fingerprint density at radius 2 is 1.77 bits per heavy atom. The van der Waals surface area contributed by atoms with E-state index in [1.807, 2.05) is 31.2 Å². The van der Waals surface area contributed by atoms with Crippen LogP contribution in [0.15, 0.2) is 53.4 Å². The summed E-state index contributed by atoms with van der Waals surface area (Å²) in [5.41, 5.74) is 2.26. The fourth-order valence-corrected chi connectivity index (χ4v) is 2.72. The summed E-state index contributed by atoms with van der Waals surface area (Å²) in [7, 11) is 0. The molecule has 0 heterocycles. The minimum atomic E-state index is -2.50. The monoisotopic (exact) mass is 379 g/mol. The van der Waals surface area contributed by atoms with E-state index >= 15 is 0 Å². The number of anilines is 1. The molecule has 2 aromatic carbocycles. The highest BCUT2D eigenvalue weighted by Gasteiger charge is 2.18. The highest BCUT2D eigenvalue weighted by atomic mass is 32.2. The summed E-state index contributed by atoms with van der Waals surface area (Å²) in [6.45, 7) is 3.38. The standard InChI is InChI=1S/C19H19F2NO3S/c1-12-5-3-4-6-14(12)11-17(23)25-13(2)18(24)22-15-7-9-16(10-8-15)26-19(20)21/h3-10,13,19H,11H2,1-2H3,(H,22,24)/t13-/m1/s1. The lowest BCUT2D eigenvalue weighted by atomic mass is 10.1. The van der Waals surface area contributed by atoms with E-state index in [4.69, 9.17) is 4.74 Å². The molecule has 0 bridgehead atoms. The molecular weight excluding hydrogens is 360 g/mol. The van der Waals surface area contributed by atoms with Crippen LogP contribution in [-0.4, -0.2) is 23.7 Å². The molecule has 138 valence electrons. The maximum absolute atomic E-state index is 12.3. The molecule has 4 nitrogen and oxygen atoms in total. The molecular formula is C19H19F2NO3S. The molecule has 0 saturated carbocycles. The van der Waals surface area contributed by atoms with Crippen molar-refractivity contribution in [3.63, 3.8) is 0 Å². The summed E-state index contributed by atoms with van der Waals surface area (Å²) in [6.07, 6.45) is -0.884. The number of esters is 1. The average molecular weight is 379 g/mol. The molecule has 0 radical (unpaired) electrons. The highest BCUT2D eigenvalue weighted by Crippen LogP contribution is 2.26. The van der Waals surface area contributed by atoms with Gasteiger partial charge in [-0.2, -0.15) is 8.78 Å². The first-order chi connectivity index (χ1) is 12.3. The average Bonchev–Trinajstić information content (AvgIpc) is 2.58. The largest absolute Gasteiger partial charge is 0.452 e. The van der Waals surface area contributed by atoms with Crippen LogP contribution in [0.1, 0.15) is 18.1 Å². The first kappa shape index (κ1) is 19.9. The summed E-state index contributed by atoms with van der Waals surface area (Å²) < 4.78 is 29.7. The van der Waals surface area contributed by atoms with Crippen LogP contribution < -0.4 is 5.32 Å². The number of amides is 1. The summed E-state index contributed by atoms with van der Waals surface area (Å²) >= 11 is 0.427. The Hall–Kier alpha value is -2.41. The molecule has 0 aliphatic carbocycles. The molecule has 0 aliphatic heterocycles. The Labute approximate surface area is 154 Å². The van der Waals surface area contributed by atoms with Gasteiger partial charge in [-0.15, -0.1) is 0 Å². The van der Waals surface area contributed by atoms with Gasteiger partial charge in [0.15, 0.2) is 6.10 Å². The van der Waals surface area contributed by atoms with Crippen molar-refractivity contribution < 1.29 is 23.1 Å². The molecule has 0 fully saturated rings. The third-order valence-electron chi connectivity index (χ3n) is 3.62. The molecule has 1 amide bonds. The predicted molar refractivity (Wildman–Crippen MR) is 97.4 cm³/mol. The normalized spacial score (nSPS) is 11.9. The number of aryl methyl sites for hydroxylation is 1. The molecule has 2 aromatic rings. The van der Waals surface area contributed by atoms with Crippen molar-refractivity contribution in [1.29, 1.82) is 0 Å². The predicted octanol–water partition coefficient (Wildman–Crippen LogP) is 4.42. The van der Waals surface area contributed by atoms with Crippen LogP contribution >= 0.6 is 11.8 Å². The number of hydrogen-bond acceptors (Lipinski definition) is 4. The fourth-order valence-electron chi connectivity index (χ4n) is 2.22. The first-order valence-electron chi connectivity index (χ1n) is 7.95. The van der Waals surface area contributed by atoms with Gasteiger partial charge in [-0.3, -0.25) is 9.59 Å². The third-order valence-corrected chi connectivity index (χ3v) is 4.34. The second-order valence-electron chi connectivity index (χ2n) is 5.63. The summed E-state index contributed by atoms with van der Waals surface area (Å²) in [6, 6.07) is 13.5. The van der Waals surface area contributed by atoms with Gasteiger partial charge in [0.1, 0.15) is 0 Å². The number of carbonyl (C=O) groups is 2. The van der Waals surface area contributed by atoms with Crippen molar-refractivity contribution >= 4 is 29.3 Å². The van der Waals surface area contributed by atoms with E-state index in [2.05, 4.69) is 5.32 Å². The van der Waals surface area contributed by atoms with Crippen molar-refractivity contribution in [3.8, 4) is 0 Å². The quantitative estimate of drug-likeness (QED) is 0.571. The van der Waals surface area contributed by atoms with Crippen LogP contribution in [0, 0.1) is 6.92 Å². The summed E-state index contributed by atoms with van der Waals surface area (Å²) in [4.78, 5) is 24.5. The second kappa shape index (κ2) is 9.33. The van der Waals surface area contributed by atoms with Crippen LogP contribution in [-0.2, 0) is 20.7 Å². The van der Waals surface area contributed by atoms with E-state index < -0.39 is 23.7 Å². The van der Waals surface area contributed by atoms with Gasteiger partial charge in [-0.25, -0.2) is 0 Å². The van der Waals surface area contributed by atoms with Gasteiger partial charge in [0.25, 0.3) is 11.7 Å². The van der Waals surface area contributed by atoms with E-state index in [1.165, 1.54) is 31.2 Å². The molecule has 0 aromatic heterocycles. The number of thioether (sulfide) groups is 1. The van der Waals surface area contributed by atoms with Gasteiger partial charge in [0.05, 0.1) is 6.42 Å². The molecule has 0 saturated heterocycles. The number of ether oxygens (including phenoxy) is 1. The Balaban J connectivity index is 1.87. The second-order valence-corrected chi connectivity index (χ2v) is 6.69. The zero-order valence-electron chi connectivity index (χ0n) is 14.4. The zero-order chi connectivity index (χ0) is 19.1. The number of benzene rings is 2. The van der Waals surface area contributed by atoms with Crippen molar-refractivity contribution in [2.24, 2.45) is 0 Å². The molecule has 0 spiro atoms. The maximum Gasteiger partial charge on any atom is 0.311 e. The summed E-state index contributed by atoms with van der Waals surface area (Å²) in [5, 5.41) is 2.59. The van der Waals surface area contributed by atoms with Gasteiger partial charge in [-0.1, -0.05) is 36.0 Å². The number of halogens is 2. The lowest BCUT2D eigenvalue weighted by Crippen LogP contribution is -2.30. The first-order valence-corrected chi connectivity index (χ1v) is 8.83. The van der Waals surface area contributed by atoms with Gasteiger partial charge >= 0.3 is 5.97 Å². The van der Waals surface area contributed by atoms with Crippen molar-refractivity contribution in [2.45, 2.75) is 37.0 Å². The van der Waals surface area contributed by atoms with E-state index in [-0.39, 0.29) is 6.42 Å². The van der Waals surface area contributed by atoms with Crippen molar-refractivity contribution in [1.82, 2.24) is 0 Å². The minimum Gasteiger partial charge on any atom is -0.452 e. The van der Waals surface area contributed by atoms with Gasteiger partial charge in [0, 0.05) is 10.6 Å². The van der Waals surface area contributed by atoms with Gasteiger partial charge in [0.2, 0.25) is 0 Å². The molecule has 0 unspecified atom stereocenters. The number of rotatable bonds is 7. The highest BCUT2D eigenvalue weighted by molar-refractivity contribution is 7.99. The van der Waals surface area contributed by atoms with E-state index in [9.17, 15) is 18.4 Å². The maximum atomic E-state index is 12.3. The number of alkyl halides is 2. The molecule has 26 heavy (non-hydrogen) atoms. The fraction of sp³-hybridized carbons (Fsp3) is 0.263. The van der Waals surface area contributed by atoms with E-state index in [0.717, 1.165) is 11.1 Å². The van der Waals surface area contributed by atoms with Crippen molar-refractivity contribution in [3.05, 3.63) is 59.7 Å². The summed E-state index contributed by atoms with van der Waals surface area (Å²) in [5.74, 6) is -3.48. The SMILES string of the molecule is Cc1ccccc1CC(=O)O[C@H](C)C(=O)Nc1ccc(SC(F)F)cc1. The van der Waals surface area contributed by atoms with Crippen LogP contribution in [0.3, 0.4) is 0 Å². The molecule has 7 heteroatoms. The number of hydrogen-bond donors (Lipinski definition) is 1. The third kappa shape index (κ3) is 6.15. The lowest BCUT2D eigenvalue weighted by Gasteiger charge is -2.14. The van der Waals surface area contributed by atoms with Crippen LogP contribution in [0.2, 0.25) is 0 Å². The van der Waals surface area contributed by atoms with Crippen LogP contribution in [0.25, 0.3) is 0 Å².